The Morgan fingerprint density at radius 2 is 1.63 bits per heavy atom. The lowest BCUT2D eigenvalue weighted by Crippen LogP contribution is -2.38. The van der Waals surface area contributed by atoms with Crippen LogP contribution in [0.3, 0.4) is 0 Å². The Labute approximate surface area is 173 Å². The number of benzene rings is 1. The molecule has 0 aliphatic heterocycles. The van der Waals surface area contributed by atoms with E-state index in [-0.39, 0.29) is 12.5 Å². The van der Waals surface area contributed by atoms with Crippen LogP contribution in [0.5, 0.6) is 5.75 Å². The van der Waals surface area contributed by atoms with Gasteiger partial charge in [0.2, 0.25) is 0 Å². The zero-order valence-corrected chi connectivity index (χ0v) is 18.5. The van der Waals surface area contributed by atoms with E-state index in [0.29, 0.717) is 6.04 Å². The number of carbonyl (C=O) groups is 1. The molecule has 152 valence electrons. The van der Waals surface area contributed by atoms with Gasteiger partial charge < -0.3 is 10.1 Å². The molecule has 0 saturated heterocycles. The van der Waals surface area contributed by atoms with E-state index in [0.717, 1.165) is 35.9 Å². The SMILES string of the molecule is CCCc1ccc(OCC(=O)NC2CCCCCCCCCCC2)c(Br)c1. The summed E-state index contributed by atoms with van der Waals surface area (Å²) in [6, 6.07) is 6.42. The smallest absolute Gasteiger partial charge is 0.258 e. The fraction of sp³-hybridized carbons (Fsp3) is 0.696. The van der Waals surface area contributed by atoms with Crippen LogP contribution in [-0.4, -0.2) is 18.6 Å². The quantitative estimate of drug-likeness (QED) is 0.546. The molecule has 0 atom stereocenters. The van der Waals surface area contributed by atoms with Crippen LogP contribution in [0.4, 0.5) is 0 Å². The molecule has 3 nitrogen and oxygen atoms in total. The number of halogens is 1. The van der Waals surface area contributed by atoms with Crippen molar-refractivity contribution in [1.82, 2.24) is 5.32 Å². The molecule has 1 amide bonds. The lowest BCUT2D eigenvalue weighted by Gasteiger charge is -2.20. The molecule has 0 spiro atoms. The van der Waals surface area contributed by atoms with Gasteiger partial charge in [0.15, 0.2) is 6.61 Å². The summed E-state index contributed by atoms with van der Waals surface area (Å²) < 4.78 is 6.67. The van der Waals surface area contributed by atoms with Crippen molar-refractivity contribution in [1.29, 1.82) is 0 Å². The average Bonchev–Trinajstić information content (AvgIpc) is 2.63. The zero-order chi connectivity index (χ0) is 19.3. The van der Waals surface area contributed by atoms with Gasteiger partial charge >= 0.3 is 0 Å². The Bertz CT molecular complexity index is 549. The third kappa shape index (κ3) is 9.14. The maximum Gasteiger partial charge on any atom is 0.258 e. The average molecular weight is 438 g/mol. The molecule has 1 aromatic carbocycles. The van der Waals surface area contributed by atoms with Crippen LogP contribution in [0.15, 0.2) is 22.7 Å². The van der Waals surface area contributed by atoms with E-state index in [1.165, 1.54) is 63.4 Å². The molecule has 1 saturated carbocycles. The number of amides is 1. The van der Waals surface area contributed by atoms with Gasteiger partial charge in [0.25, 0.3) is 5.91 Å². The van der Waals surface area contributed by atoms with E-state index in [4.69, 9.17) is 4.74 Å². The number of hydrogen-bond donors (Lipinski definition) is 1. The minimum Gasteiger partial charge on any atom is -0.483 e. The number of rotatable bonds is 6. The van der Waals surface area contributed by atoms with E-state index in [1.54, 1.807) is 0 Å². The van der Waals surface area contributed by atoms with Crippen LogP contribution in [0, 0.1) is 0 Å². The van der Waals surface area contributed by atoms with Crippen molar-refractivity contribution in [3.05, 3.63) is 28.2 Å². The molecular formula is C23H36BrNO2. The highest BCUT2D eigenvalue weighted by Gasteiger charge is 2.14. The minimum absolute atomic E-state index is 0.00312. The predicted octanol–water partition coefficient (Wildman–Crippen LogP) is 6.57. The topological polar surface area (TPSA) is 38.3 Å². The Balaban J connectivity index is 1.78. The number of aryl methyl sites for hydroxylation is 1. The standard InChI is InChI=1S/C23H36BrNO2/c1-2-12-19-15-16-22(21(24)17-19)27-18-23(26)25-20-13-10-8-6-4-3-5-7-9-11-14-20/h15-17,20H,2-14,18H2,1H3,(H,25,26). The van der Waals surface area contributed by atoms with Crippen molar-refractivity contribution in [2.75, 3.05) is 6.61 Å². The van der Waals surface area contributed by atoms with E-state index >= 15 is 0 Å². The monoisotopic (exact) mass is 437 g/mol. The summed E-state index contributed by atoms with van der Waals surface area (Å²) in [4.78, 5) is 12.4. The summed E-state index contributed by atoms with van der Waals surface area (Å²) in [5.41, 5.74) is 1.29. The van der Waals surface area contributed by atoms with E-state index in [9.17, 15) is 4.79 Å². The van der Waals surface area contributed by atoms with Crippen molar-refractivity contribution >= 4 is 21.8 Å². The number of ether oxygens (including phenoxy) is 1. The molecule has 0 heterocycles. The lowest BCUT2D eigenvalue weighted by molar-refractivity contribution is -0.123. The molecule has 0 bridgehead atoms. The molecule has 1 aromatic rings. The van der Waals surface area contributed by atoms with E-state index in [1.807, 2.05) is 6.07 Å². The summed E-state index contributed by atoms with van der Waals surface area (Å²) in [6.45, 7) is 2.26. The van der Waals surface area contributed by atoms with Crippen molar-refractivity contribution in [2.24, 2.45) is 0 Å². The van der Waals surface area contributed by atoms with Gasteiger partial charge in [0.1, 0.15) is 5.75 Å². The van der Waals surface area contributed by atoms with Crippen molar-refractivity contribution in [2.45, 2.75) is 96.4 Å². The second-order valence-corrected chi connectivity index (χ2v) is 8.68. The summed E-state index contributed by atoms with van der Waals surface area (Å²) in [5, 5.41) is 3.21. The largest absolute Gasteiger partial charge is 0.483 e. The maximum absolute atomic E-state index is 12.4. The summed E-state index contributed by atoms with van der Waals surface area (Å²) in [5.74, 6) is 0.736. The van der Waals surface area contributed by atoms with E-state index < -0.39 is 0 Å². The van der Waals surface area contributed by atoms with Crippen molar-refractivity contribution in [3.8, 4) is 5.75 Å². The maximum atomic E-state index is 12.4. The fourth-order valence-corrected chi connectivity index (χ4v) is 4.37. The third-order valence-electron chi connectivity index (χ3n) is 5.36. The first-order valence-electron chi connectivity index (χ1n) is 10.9. The molecule has 1 fully saturated rings. The molecule has 0 unspecified atom stereocenters. The number of hydrogen-bond acceptors (Lipinski definition) is 2. The highest BCUT2D eigenvalue weighted by Crippen LogP contribution is 2.26. The van der Waals surface area contributed by atoms with Gasteiger partial charge in [0, 0.05) is 6.04 Å². The molecule has 4 heteroatoms. The van der Waals surface area contributed by atoms with Crippen LogP contribution in [0.2, 0.25) is 0 Å². The Morgan fingerprint density at radius 3 is 2.19 bits per heavy atom. The molecular weight excluding hydrogens is 402 g/mol. The summed E-state index contributed by atoms with van der Waals surface area (Å²) >= 11 is 3.56. The predicted molar refractivity (Wildman–Crippen MR) is 116 cm³/mol. The van der Waals surface area contributed by atoms with Crippen LogP contribution >= 0.6 is 15.9 Å². The molecule has 0 aromatic heterocycles. The van der Waals surface area contributed by atoms with Gasteiger partial charge in [-0.2, -0.15) is 0 Å². The first kappa shape index (κ1) is 22.3. The van der Waals surface area contributed by atoms with E-state index in [2.05, 4.69) is 40.3 Å². The Hall–Kier alpha value is -1.03. The van der Waals surface area contributed by atoms with Crippen LogP contribution in [0.25, 0.3) is 0 Å². The molecule has 27 heavy (non-hydrogen) atoms. The zero-order valence-electron chi connectivity index (χ0n) is 16.9. The van der Waals surface area contributed by atoms with Gasteiger partial charge in [-0.25, -0.2) is 0 Å². The Kier molecular flexibility index (Phi) is 10.9. The van der Waals surface area contributed by atoms with Crippen LogP contribution in [-0.2, 0) is 11.2 Å². The lowest BCUT2D eigenvalue weighted by atomic mass is 9.98. The normalized spacial score (nSPS) is 17.6. The molecule has 1 aliphatic carbocycles. The minimum atomic E-state index is -0.00312. The first-order chi connectivity index (χ1) is 13.2. The number of carbonyl (C=O) groups excluding carboxylic acids is 1. The van der Waals surface area contributed by atoms with Gasteiger partial charge in [-0.05, 0) is 52.9 Å². The van der Waals surface area contributed by atoms with Crippen molar-refractivity contribution in [3.63, 3.8) is 0 Å². The Morgan fingerprint density at radius 1 is 1.04 bits per heavy atom. The second kappa shape index (κ2) is 13.2. The summed E-state index contributed by atoms with van der Waals surface area (Å²) in [6.07, 6.45) is 16.2. The molecule has 1 aliphatic rings. The fourth-order valence-electron chi connectivity index (χ4n) is 3.83. The van der Waals surface area contributed by atoms with Gasteiger partial charge in [0.05, 0.1) is 4.47 Å². The van der Waals surface area contributed by atoms with Crippen LogP contribution in [0.1, 0.15) is 89.5 Å². The third-order valence-corrected chi connectivity index (χ3v) is 5.98. The van der Waals surface area contributed by atoms with Crippen LogP contribution < -0.4 is 10.1 Å². The highest BCUT2D eigenvalue weighted by molar-refractivity contribution is 9.10. The first-order valence-corrected chi connectivity index (χ1v) is 11.7. The summed E-state index contributed by atoms with van der Waals surface area (Å²) in [7, 11) is 0. The van der Waals surface area contributed by atoms with Crippen molar-refractivity contribution < 1.29 is 9.53 Å². The van der Waals surface area contributed by atoms with Gasteiger partial charge in [-0.15, -0.1) is 0 Å². The molecule has 1 N–H and O–H groups in total. The van der Waals surface area contributed by atoms with Gasteiger partial charge in [-0.1, -0.05) is 77.2 Å². The number of nitrogens with one attached hydrogen (secondary N) is 1. The highest BCUT2D eigenvalue weighted by atomic mass is 79.9. The molecule has 2 rings (SSSR count). The molecule has 0 radical (unpaired) electrons. The second-order valence-electron chi connectivity index (χ2n) is 7.83. The van der Waals surface area contributed by atoms with Gasteiger partial charge in [-0.3, -0.25) is 4.79 Å².